The SMILES string of the molecule is COc1ccc2oc(C(=O)N3CC[NH+](Cc4ccc5c(c4)CCO5)CC3)c(C)c2c1. The van der Waals surface area contributed by atoms with Crippen LogP contribution in [0.5, 0.6) is 11.5 Å². The molecular weight excluding hydrogens is 380 g/mol. The van der Waals surface area contributed by atoms with Gasteiger partial charge in [0, 0.05) is 22.9 Å². The first-order valence-corrected chi connectivity index (χ1v) is 10.6. The molecule has 2 aliphatic heterocycles. The van der Waals surface area contributed by atoms with Crippen molar-refractivity contribution in [3.8, 4) is 11.5 Å². The molecule has 1 saturated heterocycles. The Morgan fingerprint density at radius 2 is 2.00 bits per heavy atom. The van der Waals surface area contributed by atoms with Crippen molar-refractivity contribution >= 4 is 16.9 Å². The first kappa shape index (κ1) is 19.0. The highest BCUT2D eigenvalue weighted by atomic mass is 16.5. The molecule has 156 valence electrons. The van der Waals surface area contributed by atoms with E-state index in [4.69, 9.17) is 13.9 Å². The predicted molar refractivity (Wildman–Crippen MR) is 113 cm³/mol. The molecule has 2 aliphatic rings. The van der Waals surface area contributed by atoms with E-state index in [0.29, 0.717) is 5.76 Å². The molecule has 0 spiro atoms. The van der Waals surface area contributed by atoms with Crippen LogP contribution in [0.2, 0.25) is 0 Å². The van der Waals surface area contributed by atoms with E-state index in [1.807, 2.05) is 30.0 Å². The monoisotopic (exact) mass is 407 g/mol. The van der Waals surface area contributed by atoms with Crippen LogP contribution in [0.4, 0.5) is 0 Å². The minimum absolute atomic E-state index is 0.0172. The van der Waals surface area contributed by atoms with Crippen molar-refractivity contribution in [3.63, 3.8) is 0 Å². The van der Waals surface area contributed by atoms with Gasteiger partial charge in [-0.2, -0.15) is 0 Å². The van der Waals surface area contributed by atoms with Gasteiger partial charge < -0.3 is 23.7 Å². The third-order valence-corrected chi connectivity index (χ3v) is 6.30. The number of benzene rings is 2. The third kappa shape index (κ3) is 3.41. The van der Waals surface area contributed by atoms with Gasteiger partial charge in [0.15, 0.2) is 5.76 Å². The second-order valence-electron chi connectivity index (χ2n) is 8.18. The Bertz CT molecular complexity index is 1100. The van der Waals surface area contributed by atoms with Crippen LogP contribution in [0, 0.1) is 6.92 Å². The smallest absolute Gasteiger partial charge is 0.290 e. The van der Waals surface area contributed by atoms with Gasteiger partial charge in [0.1, 0.15) is 23.6 Å². The first-order chi connectivity index (χ1) is 14.6. The topological polar surface area (TPSA) is 56.3 Å². The number of carbonyl (C=O) groups is 1. The largest absolute Gasteiger partial charge is 0.497 e. The molecule has 3 heterocycles. The van der Waals surface area contributed by atoms with E-state index in [2.05, 4.69) is 18.2 Å². The van der Waals surface area contributed by atoms with Crippen LogP contribution in [0.15, 0.2) is 40.8 Å². The number of carbonyl (C=O) groups excluding carboxylic acids is 1. The van der Waals surface area contributed by atoms with Crippen molar-refractivity contribution < 1.29 is 23.6 Å². The molecule has 0 aliphatic carbocycles. The molecular formula is C24H27N2O4+. The van der Waals surface area contributed by atoms with Crippen molar-refractivity contribution in [1.29, 1.82) is 0 Å². The number of ether oxygens (including phenoxy) is 2. The predicted octanol–water partition coefficient (Wildman–Crippen LogP) is 2.23. The minimum Gasteiger partial charge on any atom is -0.497 e. The number of furan rings is 1. The summed E-state index contributed by atoms with van der Waals surface area (Å²) in [7, 11) is 1.64. The molecule has 0 bridgehead atoms. The van der Waals surface area contributed by atoms with Crippen LogP contribution in [0.1, 0.15) is 27.2 Å². The molecule has 30 heavy (non-hydrogen) atoms. The Morgan fingerprint density at radius 3 is 2.80 bits per heavy atom. The molecule has 1 N–H and O–H groups in total. The van der Waals surface area contributed by atoms with Gasteiger partial charge in [-0.25, -0.2) is 0 Å². The maximum atomic E-state index is 13.1. The average Bonchev–Trinajstić information content (AvgIpc) is 3.37. The lowest BCUT2D eigenvalue weighted by molar-refractivity contribution is -0.917. The van der Waals surface area contributed by atoms with Crippen molar-refractivity contribution in [2.24, 2.45) is 0 Å². The number of nitrogens with zero attached hydrogens (tertiary/aromatic N) is 1. The fraction of sp³-hybridized carbons (Fsp3) is 0.375. The van der Waals surface area contributed by atoms with Crippen molar-refractivity contribution in [3.05, 3.63) is 58.8 Å². The Balaban J connectivity index is 1.25. The summed E-state index contributed by atoms with van der Waals surface area (Å²) in [6.07, 6.45) is 1.00. The lowest BCUT2D eigenvalue weighted by Gasteiger charge is -2.32. The molecule has 1 amide bonds. The van der Waals surface area contributed by atoms with Crippen LogP contribution >= 0.6 is 0 Å². The second kappa shape index (κ2) is 7.69. The summed E-state index contributed by atoms with van der Waals surface area (Å²) in [5.74, 6) is 2.22. The van der Waals surface area contributed by atoms with Gasteiger partial charge in [0.25, 0.3) is 5.91 Å². The van der Waals surface area contributed by atoms with Crippen molar-refractivity contribution in [2.75, 3.05) is 39.9 Å². The van der Waals surface area contributed by atoms with Gasteiger partial charge in [0.05, 0.1) is 39.9 Å². The van der Waals surface area contributed by atoms with Gasteiger partial charge in [-0.15, -0.1) is 0 Å². The number of rotatable bonds is 4. The number of aryl methyl sites for hydroxylation is 1. The van der Waals surface area contributed by atoms with Gasteiger partial charge >= 0.3 is 0 Å². The Morgan fingerprint density at radius 1 is 1.17 bits per heavy atom. The standard InChI is InChI=1S/C24H26N2O4/c1-16-20-14-19(28-2)4-6-22(20)30-23(16)24(27)26-10-8-25(9-11-26)15-17-3-5-21-18(13-17)7-12-29-21/h3-6,13-14H,7-12,15H2,1-2H3/p+1. The molecule has 1 aromatic heterocycles. The van der Waals surface area contributed by atoms with Gasteiger partial charge in [-0.05, 0) is 48.9 Å². The van der Waals surface area contributed by atoms with Crippen LogP contribution < -0.4 is 14.4 Å². The number of methoxy groups -OCH3 is 1. The number of piperazine rings is 1. The fourth-order valence-corrected chi connectivity index (χ4v) is 4.52. The van der Waals surface area contributed by atoms with E-state index in [1.165, 1.54) is 16.0 Å². The number of nitrogens with one attached hydrogen (secondary N) is 1. The van der Waals surface area contributed by atoms with Gasteiger partial charge in [0.2, 0.25) is 0 Å². The van der Waals surface area contributed by atoms with E-state index in [9.17, 15) is 4.79 Å². The van der Waals surface area contributed by atoms with E-state index in [1.54, 1.807) is 7.11 Å². The van der Waals surface area contributed by atoms with Crippen molar-refractivity contribution in [2.45, 2.75) is 19.9 Å². The lowest BCUT2D eigenvalue weighted by atomic mass is 10.1. The van der Waals surface area contributed by atoms with E-state index < -0.39 is 0 Å². The van der Waals surface area contributed by atoms with E-state index in [0.717, 1.165) is 73.8 Å². The lowest BCUT2D eigenvalue weighted by Crippen LogP contribution is -3.13. The molecule has 0 radical (unpaired) electrons. The number of hydrogen-bond acceptors (Lipinski definition) is 4. The molecule has 0 atom stereocenters. The summed E-state index contributed by atoms with van der Waals surface area (Å²) >= 11 is 0. The minimum atomic E-state index is -0.0172. The van der Waals surface area contributed by atoms with Crippen LogP contribution in [-0.2, 0) is 13.0 Å². The molecule has 0 saturated carbocycles. The van der Waals surface area contributed by atoms with Gasteiger partial charge in [-0.3, -0.25) is 4.79 Å². The van der Waals surface area contributed by atoms with Crippen molar-refractivity contribution in [1.82, 2.24) is 4.90 Å². The van der Waals surface area contributed by atoms with Crippen LogP contribution in [-0.4, -0.2) is 50.7 Å². The van der Waals surface area contributed by atoms with Crippen LogP contribution in [0.3, 0.4) is 0 Å². The summed E-state index contributed by atoms with van der Waals surface area (Å²) in [5, 5.41) is 0.933. The summed E-state index contributed by atoms with van der Waals surface area (Å²) in [4.78, 5) is 16.5. The number of quaternary nitrogens is 1. The molecule has 0 unspecified atom stereocenters. The fourth-order valence-electron chi connectivity index (χ4n) is 4.52. The molecule has 6 nitrogen and oxygen atoms in total. The number of hydrogen-bond donors (Lipinski definition) is 1. The molecule has 6 heteroatoms. The Kier molecular flexibility index (Phi) is 4.87. The maximum Gasteiger partial charge on any atom is 0.290 e. The Hall–Kier alpha value is -2.99. The van der Waals surface area contributed by atoms with Gasteiger partial charge in [-0.1, -0.05) is 0 Å². The maximum absolute atomic E-state index is 13.1. The molecule has 1 fully saturated rings. The zero-order chi connectivity index (χ0) is 20.7. The summed E-state index contributed by atoms with van der Waals surface area (Å²) < 4.78 is 16.8. The zero-order valence-corrected chi connectivity index (χ0v) is 17.5. The second-order valence-corrected chi connectivity index (χ2v) is 8.18. The third-order valence-electron chi connectivity index (χ3n) is 6.30. The molecule has 5 rings (SSSR count). The normalized spacial score (nSPS) is 16.5. The Labute approximate surface area is 176 Å². The molecule has 3 aromatic rings. The number of amides is 1. The zero-order valence-electron chi connectivity index (χ0n) is 17.5. The average molecular weight is 407 g/mol. The summed E-state index contributed by atoms with van der Waals surface area (Å²) in [5.41, 5.74) is 4.26. The highest BCUT2D eigenvalue weighted by Crippen LogP contribution is 2.29. The highest BCUT2D eigenvalue weighted by Gasteiger charge is 2.28. The quantitative estimate of drug-likeness (QED) is 0.721. The highest BCUT2D eigenvalue weighted by molar-refractivity contribution is 5.99. The summed E-state index contributed by atoms with van der Waals surface area (Å²) in [6.45, 7) is 7.07. The van der Waals surface area contributed by atoms with E-state index in [-0.39, 0.29) is 5.91 Å². The van der Waals surface area contributed by atoms with E-state index >= 15 is 0 Å². The first-order valence-electron chi connectivity index (χ1n) is 10.6. The molecule has 2 aromatic carbocycles. The van der Waals surface area contributed by atoms with Crippen LogP contribution in [0.25, 0.3) is 11.0 Å². The number of fused-ring (bicyclic) bond motifs is 2. The summed E-state index contributed by atoms with van der Waals surface area (Å²) in [6, 6.07) is 12.2.